The number of hydrogen-bond donors (Lipinski definition) is 3. The van der Waals surface area contributed by atoms with Gasteiger partial charge in [-0.3, -0.25) is 0 Å². The van der Waals surface area contributed by atoms with Crippen LogP contribution in [-0.4, -0.2) is 61.4 Å². The van der Waals surface area contributed by atoms with Crippen molar-refractivity contribution in [3.63, 3.8) is 0 Å². The molecule has 0 amide bonds. The maximum Gasteiger partial charge on any atom is 0.354 e. The van der Waals surface area contributed by atoms with Crippen LogP contribution >= 0.6 is 0 Å². The molecule has 0 atom stereocenters. The lowest BCUT2D eigenvalue weighted by Gasteiger charge is -2.17. The van der Waals surface area contributed by atoms with Crippen LogP contribution in [0.3, 0.4) is 0 Å². The maximum absolute atomic E-state index is 10.8. The fourth-order valence-electron chi connectivity index (χ4n) is 1.45. The lowest BCUT2D eigenvalue weighted by atomic mass is 10.3. The van der Waals surface area contributed by atoms with E-state index in [0.717, 1.165) is 13.1 Å². The molecule has 106 valence electrons. The highest BCUT2D eigenvalue weighted by Gasteiger charge is 2.08. The topological polar surface area (TPSA) is 101 Å². The predicted molar refractivity (Wildman–Crippen MR) is 73.5 cm³/mol. The highest BCUT2D eigenvalue weighted by molar-refractivity contribution is 5.86. The molecule has 0 bridgehead atoms. The summed E-state index contributed by atoms with van der Waals surface area (Å²) in [5, 5.41) is 11.9. The minimum Gasteiger partial charge on any atom is -0.477 e. The number of nitrogens with zero attached hydrogens (tertiary/aromatic N) is 2. The standard InChI is InChI=1S/C12H20N4O3/c1-16(7-8-19-2)6-5-14-11-9(13)3-4-10(15-11)12(17)18/h3-4H,5-8,13H2,1-2H3,(H,14,15)(H,17,18). The van der Waals surface area contributed by atoms with Gasteiger partial charge in [0.2, 0.25) is 0 Å². The summed E-state index contributed by atoms with van der Waals surface area (Å²) in [7, 11) is 3.64. The molecule has 7 heteroatoms. The number of likely N-dealkylation sites (N-methyl/N-ethyl adjacent to an activating group) is 1. The van der Waals surface area contributed by atoms with Gasteiger partial charge in [-0.05, 0) is 19.2 Å². The van der Waals surface area contributed by atoms with Crippen LogP contribution in [0, 0.1) is 0 Å². The molecule has 1 rings (SSSR count). The van der Waals surface area contributed by atoms with E-state index >= 15 is 0 Å². The smallest absolute Gasteiger partial charge is 0.354 e. The molecule has 0 saturated heterocycles. The number of hydrogen-bond acceptors (Lipinski definition) is 6. The van der Waals surface area contributed by atoms with E-state index in [1.807, 2.05) is 7.05 Å². The second-order valence-corrected chi connectivity index (χ2v) is 4.16. The Kier molecular flexibility index (Phi) is 6.04. The van der Waals surface area contributed by atoms with Gasteiger partial charge in [-0.1, -0.05) is 0 Å². The molecule has 0 radical (unpaired) electrons. The number of aromatic carboxylic acids is 1. The quantitative estimate of drug-likeness (QED) is 0.625. The van der Waals surface area contributed by atoms with Gasteiger partial charge in [0.05, 0.1) is 12.3 Å². The molecule has 0 fully saturated rings. The minimum absolute atomic E-state index is 0.0237. The van der Waals surface area contributed by atoms with Crippen LogP contribution in [0.2, 0.25) is 0 Å². The molecular weight excluding hydrogens is 248 g/mol. The fourth-order valence-corrected chi connectivity index (χ4v) is 1.45. The number of nitrogens with one attached hydrogen (secondary N) is 1. The van der Waals surface area contributed by atoms with Crippen LogP contribution in [0.5, 0.6) is 0 Å². The van der Waals surface area contributed by atoms with Gasteiger partial charge in [0.1, 0.15) is 5.82 Å². The number of carbonyl (C=O) groups is 1. The third-order valence-corrected chi connectivity index (χ3v) is 2.61. The Hall–Kier alpha value is -1.86. The van der Waals surface area contributed by atoms with Gasteiger partial charge in [-0.15, -0.1) is 0 Å². The highest BCUT2D eigenvalue weighted by Crippen LogP contribution is 2.15. The average molecular weight is 268 g/mol. The molecule has 1 aromatic rings. The second kappa shape index (κ2) is 7.55. The Labute approximate surface area is 112 Å². The summed E-state index contributed by atoms with van der Waals surface area (Å²) < 4.78 is 4.98. The van der Waals surface area contributed by atoms with E-state index in [4.69, 9.17) is 15.6 Å². The Morgan fingerprint density at radius 2 is 2.26 bits per heavy atom. The number of anilines is 2. The van der Waals surface area contributed by atoms with E-state index < -0.39 is 5.97 Å². The van der Waals surface area contributed by atoms with Crippen LogP contribution in [0.1, 0.15) is 10.5 Å². The number of ether oxygens (including phenoxy) is 1. The van der Waals surface area contributed by atoms with Crippen molar-refractivity contribution >= 4 is 17.5 Å². The normalized spacial score (nSPS) is 10.7. The molecule has 19 heavy (non-hydrogen) atoms. The highest BCUT2D eigenvalue weighted by atomic mass is 16.5. The summed E-state index contributed by atoms with van der Waals surface area (Å²) in [6.07, 6.45) is 0. The number of nitrogen functional groups attached to an aromatic ring is 1. The molecule has 0 unspecified atom stereocenters. The van der Waals surface area contributed by atoms with Gasteiger partial charge in [-0.2, -0.15) is 0 Å². The van der Waals surface area contributed by atoms with Gasteiger partial charge in [0, 0.05) is 26.7 Å². The third-order valence-electron chi connectivity index (χ3n) is 2.61. The molecular formula is C12H20N4O3. The predicted octanol–water partition coefficient (Wildman–Crippen LogP) is 0.352. The molecule has 0 aliphatic carbocycles. The number of rotatable bonds is 8. The lowest BCUT2D eigenvalue weighted by Crippen LogP contribution is -2.28. The van der Waals surface area contributed by atoms with Gasteiger partial charge < -0.3 is 25.8 Å². The third kappa shape index (κ3) is 5.11. The Bertz CT molecular complexity index is 425. The van der Waals surface area contributed by atoms with E-state index in [2.05, 4.69) is 15.2 Å². The van der Waals surface area contributed by atoms with Gasteiger partial charge in [0.15, 0.2) is 5.69 Å². The van der Waals surface area contributed by atoms with Crippen molar-refractivity contribution in [2.45, 2.75) is 0 Å². The van der Waals surface area contributed by atoms with Crippen LogP contribution in [-0.2, 0) is 4.74 Å². The Balaban J connectivity index is 2.48. The number of carboxylic acids is 1. The SMILES string of the molecule is COCCN(C)CCNc1nc(C(=O)O)ccc1N. The summed E-state index contributed by atoms with van der Waals surface area (Å²) in [4.78, 5) is 16.9. The van der Waals surface area contributed by atoms with Crippen molar-refractivity contribution in [2.75, 3.05) is 51.4 Å². The molecule has 0 aromatic carbocycles. The van der Waals surface area contributed by atoms with E-state index in [1.54, 1.807) is 7.11 Å². The molecule has 7 nitrogen and oxygen atoms in total. The van der Waals surface area contributed by atoms with Gasteiger partial charge in [0.25, 0.3) is 0 Å². The van der Waals surface area contributed by atoms with Crippen molar-refractivity contribution in [1.82, 2.24) is 9.88 Å². The first-order chi connectivity index (χ1) is 9.04. The first kappa shape index (κ1) is 15.2. The maximum atomic E-state index is 10.8. The Morgan fingerprint density at radius 3 is 2.89 bits per heavy atom. The number of pyridine rings is 1. The van der Waals surface area contributed by atoms with Gasteiger partial charge in [-0.25, -0.2) is 9.78 Å². The first-order valence-electron chi connectivity index (χ1n) is 5.95. The molecule has 1 heterocycles. The van der Waals surface area contributed by atoms with Crippen molar-refractivity contribution in [3.8, 4) is 0 Å². The summed E-state index contributed by atoms with van der Waals surface area (Å²) in [5.41, 5.74) is 6.15. The largest absolute Gasteiger partial charge is 0.477 e. The molecule has 0 spiro atoms. The van der Waals surface area contributed by atoms with Gasteiger partial charge >= 0.3 is 5.97 Å². The number of aromatic nitrogens is 1. The van der Waals surface area contributed by atoms with Crippen LogP contribution < -0.4 is 11.1 Å². The number of nitrogens with two attached hydrogens (primary N) is 1. The average Bonchev–Trinajstić information content (AvgIpc) is 2.38. The van der Waals surface area contributed by atoms with Crippen LogP contribution in [0.25, 0.3) is 0 Å². The van der Waals surface area contributed by atoms with Crippen molar-refractivity contribution in [2.24, 2.45) is 0 Å². The molecule has 0 aliphatic heterocycles. The molecule has 1 aromatic heterocycles. The van der Waals surface area contributed by atoms with E-state index in [0.29, 0.717) is 24.7 Å². The summed E-state index contributed by atoms with van der Waals surface area (Å²) >= 11 is 0. The number of carboxylic acid groups (broad SMARTS) is 1. The van der Waals surface area contributed by atoms with Crippen LogP contribution in [0.4, 0.5) is 11.5 Å². The minimum atomic E-state index is -1.07. The van der Waals surface area contributed by atoms with E-state index in [1.165, 1.54) is 12.1 Å². The van der Waals surface area contributed by atoms with Crippen molar-refractivity contribution in [1.29, 1.82) is 0 Å². The fraction of sp³-hybridized carbons (Fsp3) is 0.500. The molecule has 0 saturated carbocycles. The lowest BCUT2D eigenvalue weighted by molar-refractivity contribution is 0.0690. The zero-order chi connectivity index (χ0) is 14.3. The molecule has 0 aliphatic rings. The van der Waals surface area contributed by atoms with Crippen molar-refractivity contribution in [3.05, 3.63) is 17.8 Å². The van der Waals surface area contributed by atoms with Crippen molar-refractivity contribution < 1.29 is 14.6 Å². The first-order valence-corrected chi connectivity index (χ1v) is 5.95. The number of methoxy groups -OCH3 is 1. The zero-order valence-electron chi connectivity index (χ0n) is 11.2. The van der Waals surface area contributed by atoms with E-state index in [9.17, 15) is 4.79 Å². The summed E-state index contributed by atoms with van der Waals surface area (Å²) in [6.45, 7) is 2.91. The summed E-state index contributed by atoms with van der Waals surface area (Å²) in [6, 6.07) is 2.92. The zero-order valence-corrected chi connectivity index (χ0v) is 11.2. The Morgan fingerprint density at radius 1 is 1.53 bits per heavy atom. The molecule has 4 N–H and O–H groups in total. The monoisotopic (exact) mass is 268 g/mol. The van der Waals surface area contributed by atoms with E-state index in [-0.39, 0.29) is 5.69 Å². The summed E-state index contributed by atoms with van der Waals surface area (Å²) in [5.74, 6) is -0.666. The second-order valence-electron chi connectivity index (χ2n) is 4.16. The van der Waals surface area contributed by atoms with Crippen LogP contribution in [0.15, 0.2) is 12.1 Å².